The molecule has 0 spiro atoms. The number of benzene rings is 1. The summed E-state index contributed by atoms with van der Waals surface area (Å²) >= 11 is 6.11. The maximum absolute atomic E-state index is 6.11. The summed E-state index contributed by atoms with van der Waals surface area (Å²) in [5.74, 6) is 0.847. The Bertz CT molecular complexity index is 563. The highest BCUT2D eigenvalue weighted by molar-refractivity contribution is 6.30. The van der Waals surface area contributed by atoms with E-state index >= 15 is 0 Å². The van der Waals surface area contributed by atoms with Crippen molar-refractivity contribution in [1.82, 2.24) is 15.3 Å². The van der Waals surface area contributed by atoms with Gasteiger partial charge < -0.3 is 10.1 Å². The molecule has 5 heteroatoms. The Morgan fingerprint density at radius 2 is 2.05 bits per heavy atom. The topological polar surface area (TPSA) is 47.0 Å². The molecule has 21 heavy (non-hydrogen) atoms. The van der Waals surface area contributed by atoms with E-state index in [0.29, 0.717) is 5.02 Å². The van der Waals surface area contributed by atoms with Gasteiger partial charge in [-0.15, -0.1) is 0 Å². The zero-order valence-corrected chi connectivity index (χ0v) is 13.1. The number of rotatable bonds is 7. The van der Waals surface area contributed by atoms with Crippen LogP contribution in [0.1, 0.15) is 30.5 Å². The minimum Gasteiger partial charge on any atom is -0.496 e. The van der Waals surface area contributed by atoms with E-state index in [2.05, 4.69) is 22.2 Å². The molecule has 1 N–H and O–H groups in total. The van der Waals surface area contributed by atoms with E-state index in [9.17, 15) is 0 Å². The van der Waals surface area contributed by atoms with Crippen molar-refractivity contribution in [2.45, 2.75) is 25.8 Å². The fourth-order valence-electron chi connectivity index (χ4n) is 2.24. The van der Waals surface area contributed by atoms with Crippen molar-refractivity contribution in [3.05, 3.63) is 53.1 Å². The molecule has 2 rings (SSSR count). The van der Waals surface area contributed by atoms with Gasteiger partial charge in [-0.2, -0.15) is 0 Å². The molecule has 0 saturated carbocycles. The molecule has 0 aliphatic rings. The second kappa shape index (κ2) is 7.96. The lowest BCUT2D eigenvalue weighted by Crippen LogP contribution is -2.24. The van der Waals surface area contributed by atoms with E-state index in [-0.39, 0.29) is 6.04 Å². The average Bonchev–Trinajstić information content (AvgIpc) is 2.52. The quantitative estimate of drug-likeness (QED) is 0.851. The molecule has 1 aromatic heterocycles. The van der Waals surface area contributed by atoms with Crippen molar-refractivity contribution in [3.63, 3.8) is 0 Å². The fourth-order valence-corrected chi connectivity index (χ4v) is 2.44. The van der Waals surface area contributed by atoms with Crippen molar-refractivity contribution >= 4 is 11.6 Å². The van der Waals surface area contributed by atoms with Crippen LogP contribution in [0.3, 0.4) is 0 Å². The van der Waals surface area contributed by atoms with Gasteiger partial charge in [-0.05, 0) is 43.1 Å². The summed E-state index contributed by atoms with van der Waals surface area (Å²) in [4.78, 5) is 8.21. The SMILES string of the molecule is CCCNC(Cc1cc(Cl)ccc1OC)c1cncnc1. The lowest BCUT2D eigenvalue weighted by Gasteiger charge is -2.20. The summed E-state index contributed by atoms with van der Waals surface area (Å²) in [7, 11) is 1.67. The van der Waals surface area contributed by atoms with E-state index in [0.717, 1.165) is 36.3 Å². The molecule has 1 heterocycles. The van der Waals surface area contributed by atoms with E-state index in [1.807, 2.05) is 30.6 Å². The summed E-state index contributed by atoms with van der Waals surface area (Å²) in [6.45, 7) is 3.08. The van der Waals surface area contributed by atoms with Gasteiger partial charge in [-0.1, -0.05) is 18.5 Å². The van der Waals surface area contributed by atoms with Crippen LogP contribution in [0.25, 0.3) is 0 Å². The Balaban J connectivity index is 2.24. The molecule has 0 amide bonds. The first kappa shape index (κ1) is 15.7. The van der Waals surface area contributed by atoms with Crippen LogP contribution in [0.15, 0.2) is 36.9 Å². The van der Waals surface area contributed by atoms with Gasteiger partial charge in [-0.3, -0.25) is 0 Å². The lowest BCUT2D eigenvalue weighted by atomic mass is 10.00. The number of halogens is 1. The number of hydrogen-bond donors (Lipinski definition) is 1. The van der Waals surface area contributed by atoms with Gasteiger partial charge in [0.2, 0.25) is 0 Å². The third-order valence-corrected chi connectivity index (χ3v) is 3.53. The van der Waals surface area contributed by atoms with Crippen molar-refractivity contribution in [2.75, 3.05) is 13.7 Å². The fraction of sp³-hybridized carbons (Fsp3) is 0.375. The maximum atomic E-state index is 6.11. The van der Waals surface area contributed by atoms with Crippen molar-refractivity contribution in [1.29, 1.82) is 0 Å². The molecule has 4 nitrogen and oxygen atoms in total. The zero-order valence-electron chi connectivity index (χ0n) is 12.3. The van der Waals surface area contributed by atoms with Gasteiger partial charge in [0.15, 0.2) is 0 Å². The van der Waals surface area contributed by atoms with Gasteiger partial charge in [0, 0.05) is 29.0 Å². The lowest BCUT2D eigenvalue weighted by molar-refractivity contribution is 0.405. The first-order valence-electron chi connectivity index (χ1n) is 7.05. The first-order valence-corrected chi connectivity index (χ1v) is 7.43. The Morgan fingerprint density at radius 3 is 2.71 bits per heavy atom. The molecule has 1 unspecified atom stereocenters. The highest BCUT2D eigenvalue weighted by atomic mass is 35.5. The highest BCUT2D eigenvalue weighted by Crippen LogP contribution is 2.27. The maximum Gasteiger partial charge on any atom is 0.122 e. The third kappa shape index (κ3) is 4.41. The second-order valence-corrected chi connectivity index (χ2v) is 5.28. The summed E-state index contributed by atoms with van der Waals surface area (Å²) in [6, 6.07) is 5.82. The van der Waals surface area contributed by atoms with E-state index in [4.69, 9.17) is 16.3 Å². The molecular weight excluding hydrogens is 286 g/mol. The number of aromatic nitrogens is 2. The number of hydrogen-bond acceptors (Lipinski definition) is 4. The molecule has 0 bridgehead atoms. The van der Waals surface area contributed by atoms with Crippen LogP contribution >= 0.6 is 11.6 Å². The molecular formula is C16H20ClN3O. The monoisotopic (exact) mass is 305 g/mol. The van der Waals surface area contributed by atoms with Gasteiger partial charge in [0.1, 0.15) is 12.1 Å². The van der Waals surface area contributed by atoms with Crippen LogP contribution in [0.4, 0.5) is 0 Å². The molecule has 0 saturated heterocycles. The van der Waals surface area contributed by atoms with Gasteiger partial charge >= 0.3 is 0 Å². The summed E-state index contributed by atoms with van der Waals surface area (Å²) < 4.78 is 5.42. The predicted octanol–water partition coefficient (Wildman–Crippen LogP) is 3.42. The van der Waals surface area contributed by atoms with Crippen LogP contribution < -0.4 is 10.1 Å². The molecule has 0 radical (unpaired) electrons. The van der Waals surface area contributed by atoms with Gasteiger partial charge in [-0.25, -0.2) is 9.97 Å². The van der Waals surface area contributed by atoms with E-state index in [1.54, 1.807) is 13.4 Å². The minimum absolute atomic E-state index is 0.138. The predicted molar refractivity (Wildman–Crippen MR) is 84.8 cm³/mol. The van der Waals surface area contributed by atoms with E-state index in [1.165, 1.54) is 0 Å². The Hall–Kier alpha value is -1.65. The van der Waals surface area contributed by atoms with Crippen molar-refractivity contribution < 1.29 is 4.74 Å². The molecule has 112 valence electrons. The molecule has 0 fully saturated rings. The Kier molecular flexibility index (Phi) is 5.96. The molecule has 1 atom stereocenters. The smallest absolute Gasteiger partial charge is 0.122 e. The first-order chi connectivity index (χ1) is 10.2. The van der Waals surface area contributed by atoms with Crippen LogP contribution in [-0.4, -0.2) is 23.6 Å². The van der Waals surface area contributed by atoms with Gasteiger partial charge in [0.25, 0.3) is 0 Å². The second-order valence-electron chi connectivity index (χ2n) is 4.84. The zero-order chi connectivity index (χ0) is 15.1. The van der Waals surface area contributed by atoms with Crippen LogP contribution in [0, 0.1) is 0 Å². The average molecular weight is 306 g/mol. The molecule has 1 aromatic carbocycles. The molecule has 0 aliphatic carbocycles. The summed E-state index contributed by atoms with van der Waals surface area (Å²) in [5.41, 5.74) is 2.13. The van der Waals surface area contributed by atoms with Crippen molar-refractivity contribution in [3.8, 4) is 5.75 Å². The number of nitrogens with one attached hydrogen (secondary N) is 1. The molecule has 2 aromatic rings. The Labute approximate surface area is 130 Å². The summed E-state index contributed by atoms with van der Waals surface area (Å²) in [6.07, 6.45) is 7.07. The Morgan fingerprint density at radius 1 is 1.29 bits per heavy atom. The number of nitrogens with zero attached hydrogens (tertiary/aromatic N) is 2. The highest BCUT2D eigenvalue weighted by Gasteiger charge is 2.15. The largest absolute Gasteiger partial charge is 0.496 e. The summed E-state index contributed by atoms with van der Waals surface area (Å²) in [5, 5.41) is 4.24. The minimum atomic E-state index is 0.138. The van der Waals surface area contributed by atoms with Gasteiger partial charge in [0.05, 0.1) is 7.11 Å². The molecule has 0 aliphatic heterocycles. The van der Waals surface area contributed by atoms with Crippen molar-refractivity contribution in [2.24, 2.45) is 0 Å². The van der Waals surface area contributed by atoms with Crippen LogP contribution in [0.2, 0.25) is 5.02 Å². The van der Waals surface area contributed by atoms with Crippen LogP contribution in [-0.2, 0) is 6.42 Å². The normalized spacial score (nSPS) is 12.1. The van der Waals surface area contributed by atoms with Crippen LogP contribution in [0.5, 0.6) is 5.75 Å². The number of ether oxygens (including phenoxy) is 1. The number of methoxy groups -OCH3 is 1. The standard InChI is InChI=1S/C16H20ClN3O/c1-3-6-20-15(13-9-18-11-19-10-13)8-12-7-14(17)4-5-16(12)21-2/h4-5,7,9-11,15,20H,3,6,8H2,1-2H3. The van der Waals surface area contributed by atoms with E-state index < -0.39 is 0 Å². The third-order valence-electron chi connectivity index (χ3n) is 3.29.